The quantitative estimate of drug-likeness (QED) is 0.846. The maximum atomic E-state index is 12.2. The molecule has 0 spiro atoms. The summed E-state index contributed by atoms with van der Waals surface area (Å²) in [5, 5.41) is 10.4. The number of rotatable bonds is 5. The van der Waals surface area contributed by atoms with Crippen LogP contribution in [0.3, 0.4) is 0 Å². The fourth-order valence-corrected chi connectivity index (χ4v) is 3.17. The normalized spacial score (nSPS) is 17.5. The number of nitrogens with zero attached hydrogens (tertiary/aromatic N) is 1. The molecule has 1 saturated heterocycles. The number of thioether (sulfide) groups is 1. The Balaban J connectivity index is 1.80. The molecule has 1 aliphatic heterocycles. The van der Waals surface area contributed by atoms with Crippen molar-refractivity contribution >= 4 is 17.7 Å². The third-order valence-electron chi connectivity index (χ3n) is 3.76. The van der Waals surface area contributed by atoms with Gasteiger partial charge in [-0.1, -0.05) is 17.7 Å². The van der Waals surface area contributed by atoms with E-state index in [0.717, 1.165) is 4.90 Å². The van der Waals surface area contributed by atoms with Gasteiger partial charge in [-0.2, -0.15) is 0 Å². The Labute approximate surface area is 130 Å². The summed E-state index contributed by atoms with van der Waals surface area (Å²) in [4.78, 5) is 14.9. The molecular weight excluding hydrogens is 286 g/mol. The van der Waals surface area contributed by atoms with Crippen LogP contribution in [0.2, 0.25) is 0 Å². The smallest absolute Gasteiger partial charge is 0.232 e. The van der Waals surface area contributed by atoms with Crippen molar-refractivity contribution in [3.8, 4) is 0 Å². The van der Waals surface area contributed by atoms with E-state index in [1.165, 1.54) is 17.3 Å². The molecule has 5 heteroatoms. The minimum Gasteiger partial charge on any atom is -0.388 e. The fourth-order valence-electron chi connectivity index (χ4n) is 2.33. The van der Waals surface area contributed by atoms with E-state index in [9.17, 15) is 9.90 Å². The van der Waals surface area contributed by atoms with E-state index >= 15 is 0 Å². The summed E-state index contributed by atoms with van der Waals surface area (Å²) < 4.78 is 5.25. The van der Waals surface area contributed by atoms with Crippen molar-refractivity contribution < 1.29 is 14.6 Å². The van der Waals surface area contributed by atoms with Gasteiger partial charge in [0.1, 0.15) is 0 Å². The van der Waals surface area contributed by atoms with Crippen LogP contribution in [0.25, 0.3) is 0 Å². The highest BCUT2D eigenvalue weighted by Crippen LogP contribution is 2.23. The predicted octanol–water partition coefficient (Wildman–Crippen LogP) is 2.09. The minimum absolute atomic E-state index is 0.0421. The highest BCUT2D eigenvalue weighted by atomic mass is 32.2. The number of hydrogen-bond acceptors (Lipinski definition) is 4. The SMILES string of the molecule is Cc1ccc(SCC(=O)N(C)CC2(O)CCOCC2)cc1. The lowest BCUT2D eigenvalue weighted by Gasteiger charge is -2.35. The van der Waals surface area contributed by atoms with E-state index < -0.39 is 5.60 Å². The summed E-state index contributed by atoms with van der Waals surface area (Å²) >= 11 is 1.53. The van der Waals surface area contributed by atoms with Crippen LogP contribution >= 0.6 is 11.8 Å². The third kappa shape index (κ3) is 5.02. The largest absolute Gasteiger partial charge is 0.388 e. The Morgan fingerprint density at radius 2 is 1.95 bits per heavy atom. The highest BCUT2D eigenvalue weighted by molar-refractivity contribution is 8.00. The zero-order valence-corrected chi connectivity index (χ0v) is 13.5. The first-order chi connectivity index (χ1) is 9.98. The van der Waals surface area contributed by atoms with Crippen LogP contribution in [-0.2, 0) is 9.53 Å². The van der Waals surface area contributed by atoms with Crippen molar-refractivity contribution in [3.63, 3.8) is 0 Å². The van der Waals surface area contributed by atoms with Gasteiger partial charge in [0, 0.05) is 44.5 Å². The summed E-state index contributed by atoms with van der Waals surface area (Å²) in [6.45, 7) is 3.55. The summed E-state index contributed by atoms with van der Waals surface area (Å²) in [6, 6.07) is 8.14. The van der Waals surface area contributed by atoms with Crippen molar-refractivity contribution in [3.05, 3.63) is 29.8 Å². The van der Waals surface area contributed by atoms with Crippen LogP contribution in [0.5, 0.6) is 0 Å². The van der Waals surface area contributed by atoms with Crippen LogP contribution in [0.15, 0.2) is 29.2 Å². The molecule has 1 N–H and O–H groups in total. The monoisotopic (exact) mass is 309 g/mol. The zero-order chi connectivity index (χ0) is 15.3. The summed E-state index contributed by atoms with van der Waals surface area (Å²) in [5.74, 6) is 0.437. The van der Waals surface area contributed by atoms with Gasteiger partial charge in [-0.25, -0.2) is 0 Å². The van der Waals surface area contributed by atoms with Gasteiger partial charge < -0.3 is 14.7 Å². The molecule has 4 nitrogen and oxygen atoms in total. The molecule has 0 atom stereocenters. The predicted molar refractivity (Wildman–Crippen MR) is 84.5 cm³/mol. The zero-order valence-electron chi connectivity index (χ0n) is 12.7. The molecule has 0 aliphatic carbocycles. The second-order valence-electron chi connectivity index (χ2n) is 5.69. The van der Waals surface area contributed by atoms with Gasteiger partial charge in [0.25, 0.3) is 0 Å². The first-order valence-electron chi connectivity index (χ1n) is 7.22. The number of likely N-dealkylation sites (N-methyl/N-ethyl adjacent to an activating group) is 1. The molecule has 0 aromatic heterocycles. The lowest BCUT2D eigenvalue weighted by Crippen LogP contribution is -2.47. The average molecular weight is 309 g/mol. The van der Waals surface area contributed by atoms with E-state index in [2.05, 4.69) is 0 Å². The van der Waals surface area contributed by atoms with Crippen LogP contribution in [-0.4, -0.2) is 54.1 Å². The highest BCUT2D eigenvalue weighted by Gasteiger charge is 2.32. The number of amides is 1. The molecule has 1 aliphatic rings. The molecule has 1 aromatic rings. The molecule has 2 rings (SSSR count). The van der Waals surface area contributed by atoms with Crippen molar-refractivity contribution in [2.24, 2.45) is 0 Å². The van der Waals surface area contributed by atoms with E-state index in [1.54, 1.807) is 11.9 Å². The third-order valence-corrected chi connectivity index (χ3v) is 4.76. The Bertz CT molecular complexity index is 469. The van der Waals surface area contributed by atoms with Crippen LogP contribution < -0.4 is 0 Å². The maximum Gasteiger partial charge on any atom is 0.232 e. The summed E-state index contributed by atoms with van der Waals surface area (Å²) in [6.07, 6.45) is 1.19. The fraction of sp³-hybridized carbons (Fsp3) is 0.562. The maximum absolute atomic E-state index is 12.2. The molecule has 0 unspecified atom stereocenters. The van der Waals surface area contributed by atoms with Gasteiger partial charge in [0.15, 0.2) is 0 Å². The van der Waals surface area contributed by atoms with E-state index in [-0.39, 0.29) is 5.91 Å². The second-order valence-corrected chi connectivity index (χ2v) is 6.74. The minimum atomic E-state index is -0.794. The molecule has 116 valence electrons. The molecule has 21 heavy (non-hydrogen) atoms. The molecule has 1 amide bonds. The van der Waals surface area contributed by atoms with Gasteiger partial charge in [0.05, 0.1) is 11.4 Å². The first kappa shape index (κ1) is 16.3. The van der Waals surface area contributed by atoms with E-state index in [0.29, 0.717) is 38.4 Å². The summed E-state index contributed by atoms with van der Waals surface area (Å²) in [7, 11) is 1.76. The van der Waals surface area contributed by atoms with Crippen molar-refractivity contribution in [1.82, 2.24) is 4.90 Å². The number of aliphatic hydroxyl groups is 1. The van der Waals surface area contributed by atoms with Crippen molar-refractivity contribution in [2.75, 3.05) is 32.6 Å². The number of aryl methyl sites for hydroxylation is 1. The Kier molecular flexibility index (Phi) is 5.67. The number of hydrogen-bond donors (Lipinski definition) is 1. The lowest BCUT2D eigenvalue weighted by molar-refractivity contribution is -0.134. The van der Waals surface area contributed by atoms with E-state index in [1.807, 2.05) is 31.2 Å². The van der Waals surface area contributed by atoms with Gasteiger partial charge >= 0.3 is 0 Å². The van der Waals surface area contributed by atoms with E-state index in [4.69, 9.17) is 4.74 Å². The molecule has 0 radical (unpaired) electrons. The Morgan fingerprint density at radius 1 is 1.33 bits per heavy atom. The second kappa shape index (κ2) is 7.29. The average Bonchev–Trinajstić information content (AvgIpc) is 2.46. The topological polar surface area (TPSA) is 49.8 Å². The van der Waals surface area contributed by atoms with Crippen LogP contribution in [0.4, 0.5) is 0 Å². The first-order valence-corrected chi connectivity index (χ1v) is 8.21. The van der Waals surface area contributed by atoms with Gasteiger partial charge in [0.2, 0.25) is 5.91 Å². The molecule has 1 fully saturated rings. The lowest BCUT2D eigenvalue weighted by atomic mass is 9.94. The molecule has 0 bridgehead atoms. The number of carbonyl (C=O) groups is 1. The molecule has 1 aromatic carbocycles. The molecule has 0 saturated carbocycles. The van der Waals surface area contributed by atoms with Crippen molar-refractivity contribution in [1.29, 1.82) is 0 Å². The Hall–Kier alpha value is -1.04. The van der Waals surface area contributed by atoms with Crippen LogP contribution in [0.1, 0.15) is 18.4 Å². The van der Waals surface area contributed by atoms with Gasteiger partial charge in [-0.15, -0.1) is 11.8 Å². The Morgan fingerprint density at radius 3 is 2.57 bits per heavy atom. The summed E-state index contributed by atoms with van der Waals surface area (Å²) in [5.41, 5.74) is 0.418. The standard InChI is InChI=1S/C16H23NO3S/c1-13-3-5-14(6-4-13)21-11-15(18)17(2)12-16(19)7-9-20-10-8-16/h3-6,19H,7-12H2,1-2H3. The van der Waals surface area contributed by atoms with Crippen molar-refractivity contribution in [2.45, 2.75) is 30.3 Å². The van der Waals surface area contributed by atoms with Crippen LogP contribution in [0, 0.1) is 6.92 Å². The number of benzene rings is 1. The molecule has 1 heterocycles. The molecular formula is C16H23NO3S. The van der Waals surface area contributed by atoms with Gasteiger partial charge in [-0.05, 0) is 19.1 Å². The number of carbonyl (C=O) groups excluding carboxylic acids is 1. The number of ether oxygens (including phenoxy) is 1. The van der Waals surface area contributed by atoms with Gasteiger partial charge in [-0.3, -0.25) is 4.79 Å².